The van der Waals surface area contributed by atoms with Crippen molar-refractivity contribution in [2.75, 3.05) is 13.1 Å². The van der Waals surface area contributed by atoms with Crippen LogP contribution in [-0.2, 0) is 44.9 Å². The molecule has 0 fully saturated rings. The lowest BCUT2D eigenvalue weighted by atomic mass is 10.0. The summed E-state index contributed by atoms with van der Waals surface area (Å²) < 4.78 is 0. The van der Waals surface area contributed by atoms with E-state index in [4.69, 9.17) is 5.73 Å². The summed E-state index contributed by atoms with van der Waals surface area (Å²) in [5.41, 5.74) is 9.22. The van der Waals surface area contributed by atoms with Crippen LogP contribution in [0, 0.1) is 6.92 Å². The number of nitrogens with two attached hydrogens (primary N) is 1. The minimum atomic E-state index is -1.11. The van der Waals surface area contributed by atoms with Crippen LogP contribution in [0.25, 0.3) is 10.9 Å². The van der Waals surface area contributed by atoms with Gasteiger partial charge < -0.3 is 42.1 Å². The molecule has 0 aliphatic carbocycles. The average Bonchev–Trinajstić information content (AvgIpc) is 3.54. The molecule has 4 aromatic rings. The van der Waals surface area contributed by atoms with Crippen molar-refractivity contribution in [1.29, 1.82) is 0 Å². The van der Waals surface area contributed by atoms with E-state index in [0.717, 1.165) is 16.5 Å². The fourth-order valence-electron chi connectivity index (χ4n) is 6.40. The molecule has 9 N–H and O–H groups in total. The summed E-state index contributed by atoms with van der Waals surface area (Å²) >= 11 is 0. The van der Waals surface area contributed by atoms with Crippen molar-refractivity contribution in [2.45, 2.75) is 89.3 Å². The second kappa shape index (κ2) is 18.1. The van der Waals surface area contributed by atoms with Gasteiger partial charge in [0.25, 0.3) is 5.56 Å². The quantitative estimate of drug-likeness (QED) is 0.0990. The van der Waals surface area contributed by atoms with Gasteiger partial charge in [-0.25, -0.2) is 0 Å². The Labute approximate surface area is 301 Å². The fraction of sp³-hybridized carbons (Fsp3) is 0.421. The molecule has 2 aromatic carbocycles. The minimum absolute atomic E-state index is 0.0331. The van der Waals surface area contributed by atoms with Crippen LogP contribution in [-0.4, -0.2) is 74.9 Å². The first-order valence-corrected chi connectivity index (χ1v) is 17.9. The van der Waals surface area contributed by atoms with Crippen molar-refractivity contribution >= 4 is 34.5 Å². The third-order valence-corrected chi connectivity index (χ3v) is 9.35. The number of hydrogen-bond donors (Lipinski definition) is 8. The number of aromatic amines is 2. The van der Waals surface area contributed by atoms with Crippen LogP contribution >= 0.6 is 0 Å². The first kappa shape index (κ1) is 37.7. The average molecular weight is 713 g/mol. The Hall–Kier alpha value is -5.50. The van der Waals surface area contributed by atoms with Crippen molar-refractivity contribution in [1.82, 2.24) is 36.2 Å². The predicted molar refractivity (Wildman–Crippen MR) is 196 cm³/mol. The van der Waals surface area contributed by atoms with Gasteiger partial charge in [0, 0.05) is 48.6 Å². The van der Waals surface area contributed by atoms with Crippen LogP contribution in [0.2, 0.25) is 0 Å². The molecule has 2 aliphatic heterocycles. The highest BCUT2D eigenvalue weighted by Gasteiger charge is 2.31. The van der Waals surface area contributed by atoms with Gasteiger partial charge in [0.2, 0.25) is 23.6 Å². The Morgan fingerprint density at radius 2 is 1.54 bits per heavy atom. The fourth-order valence-corrected chi connectivity index (χ4v) is 6.40. The normalized spacial score (nSPS) is 19.7. The second-order valence-electron chi connectivity index (χ2n) is 13.3. The summed E-state index contributed by atoms with van der Waals surface area (Å²) in [6.45, 7) is 2.54. The highest BCUT2D eigenvalue weighted by molar-refractivity contribution is 5.95. The summed E-state index contributed by atoms with van der Waals surface area (Å²) in [5, 5.41) is 22.2. The van der Waals surface area contributed by atoms with Gasteiger partial charge in [-0.2, -0.15) is 0 Å². The van der Waals surface area contributed by atoms with Gasteiger partial charge in [-0.3, -0.25) is 29.0 Å². The number of phenols is 1. The molecule has 0 radical (unpaired) electrons. The monoisotopic (exact) mass is 712 g/mol. The van der Waals surface area contributed by atoms with Gasteiger partial charge in [-0.1, -0.05) is 30.3 Å². The number of rotatable bonds is 8. The number of unbranched alkanes of at least 4 members (excludes halogenated alkanes) is 1. The number of hydrogen-bond acceptors (Lipinski definition) is 8. The molecule has 0 saturated carbocycles. The van der Waals surface area contributed by atoms with Crippen molar-refractivity contribution in [3.05, 3.63) is 93.3 Å². The molecule has 4 amide bonds. The summed E-state index contributed by atoms with van der Waals surface area (Å²) in [7, 11) is 0. The zero-order valence-electron chi connectivity index (χ0n) is 29.4. The van der Waals surface area contributed by atoms with E-state index in [0.29, 0.717) is 74.3 Å². The van der Waals surface area contributed by atoms with E-state index in [1.165, 1.54) is 12.1 Å². The molecule has 3 unspecified atom stereocenters. The van der Waals surface area contributed by atoms with Crippen LogP contribution in [0.4, 0.5) is 0 Å². The lowest BCUT2D eigenvalue weighted by Crippen LogP contribution is -2.57. The molecule has 0 saturated heterocycles. The Balaban J connectivity index is 1.47. The Bertz CT molecular complexity index is 1920. The van der Waals surface area contributed by atoms with E-state index < -0.39 is 35.8 Å². The minimum Gasteiger partial charge on any atom is -0.508 e. The van der Waals surface area contributed by atoms with E-state index in [9.17, 15) is 29.1 Å². The molecule has 276 valence electrons. The van der Waals surface area contributed by atoms with Crippen LogP contribution in [0.3, 0.4) is 0 Å². The number of aryl methyl sites for hydroxylation is 3. The number of nitrogens with one attached hydrogen (secondary N) is 6. The van der Waals surface area contributed by atoms with Crippen molar-refractivity contribution in [3.8, 4) is 5.75 Å². The maximum absolute atomic E-state index is 14.1. The van der Waals surface area contributed by atoms with E-state index in [1.54, 1.807) is 25.3 Å². The van der Waals surface area contributed by atoms with Gasteiger partial charge in [0.15, 0.2) is 0 Å². The first-order valence-electron chi connectivity index (χ1n) is 17.9. The molecular formula is C38H48N8O6. The molecule has 6 rings (SSSR count). The number of fused-ring (bicyclic) bond motifs is 19. The number of phenolic OH excluding ortho intramolecular Hbond substituents is 1. The number of benzene rings is 2. The standard InChI is InChI=1S/C38H48N8O6/c1-23-28-16-17-34(48)43-32(20-24-12-14-26(47)15-13-24)37(51)46-33(21-25-22-41-29-9-3-2-8-27(25)29)38(52)45-30(10-4-6-18-39)35(49)40-19-7-5-11-31(42-23)36(50)44-28/h2-3,8-9,12-15,22,30,32-33,41,47H,4-7,10-11,16-21,39H2,1H3,(H,40,49)(H,43,48)(H,44,50)(H,45,52)(H,46,51). The third kappa shape index (κ3) is 10.3. The molecule has 2 bridgehead atoms. The summed E-state index contributed by atoms with van der Waals surface area (Å²) in [6, 6.07) is 10.8. The maximum atomic E-state index is 14.1. The van der Waals surface area contributed by atoms with Crippen LogP contribution < -0.4 is 32.6 Å². The van der Waals surface area contributed by atoms with E-state index in [-0.39, 0.29) is 42.9 Å². The van der Waals surface area contributed by atoms with Crippen LogP contribution in [0.5, 0.6) is 5.75 Å². The molecule has 2 aliphatic rings. The van der Waals surface area contributed by atoms with Gasteiger partial charge in [-0.05, 0) is 87.7 Å². The van der Waals surface area contributed by atoms with E-state index in [2.05, 4.69) is 36.2 Å². The first-order chi connectivity index (χ1) is 25.1. The van der Waals surface area contributed by atoms with Crippen molar-refractivity contribution < 1.29 is 24.3 Å². The van der Waals surface area contributed by atoms with Gasteiger partial charge in [0.05, 0.1) is 5.69 Å². The lowest BCUT2D eigenvalue weighted by molar-refractivity contribution is -0.133. The molecule has 0 spiro atoms. The smallest absolute Gasteiger partial charge is 0.269 e. The second-order valence-corrected chi connectivity index (χ2v) is 13.3. The molecule has 4 heterocycles. The summed E-state index contributed by atoms with van der Waals surface area (Å²) in [4.78, 5) is 78.5. The zero-order valence-corrected chi connectivity index (χ0v) is 29.4. The molecule has 52 heavy (non-hydrogen) atoms. The summed E-state index contributed by atoms with van der Waals surface area (Å²) in [6.07, 6.45) is 5.31. The Morgan fingerprint density at radius 3 is 2.31 bits per heavy atom. The number of para-hydroxylation sites is 1. The number of carbonyl (C=O) groups is 4. The summed E-state index contributed by atoms with van der Waals surface area (Å²) in [5.74, 6) is -1.90. The highest BCUT2D eigenvalue weighted by atomic mass is 16.3. The van der Waals surface area contributed by atoms with Crippen LogP contribution in [0.1, 0.15) is 66.7 Å². The van der Waals surface area contributed by atoms with Crippen LogP contribution in [0.15, 0.2) is 59.5 Å². The SMILES string of the molecule is Cc1nc2c(=O)[nH]c1CCC(=O)NC(Cc1ccc(O)cc1)C(=O)NC(Cc1c[nH]c3ccccc13)C(=O)NC(CCCCN)C(=O)NCCCC2. The topological polar surface area (TPSA) is 224 Å². The Kier molecular flexibility index (Phi) is 13.2. The molecular weight excluding hydrogens is 664 g/mol. The van der Waals surface area contributed by atoms with E-state index in [1.807, 2.05) is 24.3 Å². The number of aromatic nitrogens is 3. The molecule has 14 heteroatoms. The maximum Gasteiger partial charge on any atom is 0.269 e. The van der Waals surface area contributed by atoms with Crippen molar-refractivity contribution in [2.24, 2.45) is 5.73 Å². The third-order valence-electron chi connectivity index (χ3n) is 9.35. The number of aromatic hydroxyl groups is 1. The number of nitrogens with zero attached hydrogens (tertiary/aromatic N) is 1. The largest absolute Gasteiger partial charge is 0.508 e. The van der Waals surface area contributed by atoms with Gasteiger partial charge >= 0.3 is 0 Å². The molecule has 14 nitrogen and oxygen atoms in total. The highest BCUT2D eigenvalue weighted by Crippen LogP contribution is 2.20. The lowest BCUT2D eigenvalue weighted by Gasteiger charge is -2.26. The number of amides is 4. The molecule has 3 atom stereocenters. The van der Waals surface area contributed by atoms with E-state index >= 15 is 0 Å². The van der Waals surface area contributed by atoms with Crippen molar-refractivity contribution in [3.63, 3.8) is 0 Å². The number of carbonyl (C=O) groups excluding carboxylic acids is 4. The Morgan fingerprint density at radius 1 is 0.808 bits per heavy atom. The zero-order chi connectivity index (χ0) is 37.0. The number of H-pyrrole nitrogens is 2. The van der Waals surface area contributed by atoms with Gasteiger partial charge in [-0.15, -0.1) is 0 Å². The molecule has 2 aromatic heterocycles. The predicted octanol–water partition coefficient (Wildman–Crippen LogP) is 1.72. The van der Waals surface area contributed by atoms with Gasteiger partial charge in [0.1, 0.15) is 29.6 Å².